The first-order valence-electron chi connectivity index (χ1n) is 10.4. The highest BCUT2D eigenvalue weighted by atomic mass is 35.5. The van der Waals surface area contributed by atoms with Gasteiger partial charge in [-0.25, -0.2) is 19.0 Å². The Morgan fingerprint density at radius 1 is 1.38 bits per heavy atom. The molecule has 4 rings (SSSR count). The van der Waals surface area contributed by atoms with Crippen LogP contribution in [0.1, 0.15) is 18.9 Å². The van der Waals surface area contributed by atoms with Crippen molar-refractivity contribution in [3.8, 4) is 11.3 Å². The van der Waals surface area contributed by atoms with Gasteiger partial charge in [-0.3, -0.25) is 4.79 Å². The highest BCUT2D eigenvalue weighted by molar-refractivity contribution is 6.31. The fraction of sp³-hybridized carbons (Fsp3) is 0.364. The van der Waals surface area contributed by atoms with Crippen molar-refractivity contribution in [1.82, 2.24) is 29.5 Å². The Morgan fingerprint density at radius 3 is 2.94 bits per heavy atom. The van der Waals surface area contributed by atoms with Gasteiger partial charge in [-0.05, 0) is 45.1 Å². The lowest BCUT2D eigenvalue weighted by atomic mass is 10.1. The summed E-state index contributed by atoms with van der Waals surface area (Å²) in [5.74, 6) is -0.244. The molecular formula is C22H25ClFN7O. The number of benzene rings is 1. The molecule has 10 heteroatoms. The molecule has 168 valence electrons. The van der Waals surface area contributed by atoms with E-state index >= 15 is 0 Å². The maximum absolute atomic E-state index is 13.7. The molecule has 2 aromatic heterocycles. The van der Waals surface area contributed by atoms with Crippen LogP contribution in [0.25, 0.3) is 22.3 Å². The van der Waals surface area contributed by atoms with Crippen LogP contribution in [0.4, 0.5) is 10.2 Å². The number of halogens is 2. The van der Waals surface area contributed by atoms with Crippen LogP contribution in [0, 0.1) is 5.82 Å². The van der Waals surface area contributed by atoms with Crippen LogP contribution in [-0.2, 0) is 4.79 Å². The highest BCUT2D eigenvalue weighted by Gasteiger charge is 2.28. The molecule has 0 saturated carbocycles. The van der Waals surface area contributed by atoms with Gasteiger partial charge in [-0.2, -0.15) is 5.10 Å². The zero-order chi connectivity index (χ0) is 22.8. The van der Waals surface area contributed by atoms with Crippen molar-refractivity contribution in [2.45, 2.75) is 18.9 Å². The predicted octanol–water partition coefficient (Wildman–Crippen LogP) is 3.15. The van der Waals surface area contributed by atoms with E-state index in [1.165, 1.54) is 18.5 Å². The average molecular weight is 458 g/mol. The fourth-order valence-corrected chi connectivity index (χ4v) is 4.10. The van der Waals surface area contributed by atoms with E-state index in [0.717, 1.165) is 12.8 Å². The average Bonchev–Trinajstić information content (AvgIpc) is 3.16. The first-order chi connectivity index (χ1) is 15.3. The van der Waals surface area contributed by atoms with E-state index in [9.17, 15) is 9.18 Å². The van der Waals surface area contributed by atoms with Crippen molar-refractivity contribution < 1.29 is 9.18 Å². The molecule has 0 spiro atoms. The molecule has 0 radical (unpaired) electrons. The summed E-state index contributed by atoms with van der Waals surface area (Å²) in [5.41, 5.74) is 7.91. The van der Waals surface area contributed by atoms with Gasteiger partial charge in [0.25, 0.3) is 0 Å². The number of aromatic nitrogens is 4. The Balaban J connectivity index is 1.68. The number of anilines is 1. The predicted molar refractivity (Wildman–Crippen MR) is 123 cm³/mol. The first kappa shape index (κ1) is 22.2. The number of fused-ring (bicyclic) bond motifs is 1. The summed E-state index contributed by atoms with van der Waals surface area (Å²) in [7, 11) is 3.90. The van der Waals surface area contributed by atoms with Gasteiger partial charge in [0.2, 0.25) is 5.91 Å². The van der Waals surface area contributed by atoms with Crippen molar-refractivity contribution >= 4 is 34.4 Å². The van der Waals surface area contributed by atoms with Gasteiger partial charge >= 0.3 is 0 Å². The Hall–Kier alpha value is -3.04. The molecule has 1 atom stereocenters. The van der Waals surface area contributed by atoms with Crippen LogP contribution in [0.5, 0.6) is 0 Å². The zero-order valence-corrected chi connectivity index (χ0v) is 18.8. The van der Waals surface area contributed by atoms with Crippen LogP contribution in [0.15, 0.2) is 36.7 Å². The molecule has 3 heterocycles. The number of likely N-dealkylation sites (tertiary alicyclic amines) is 1. The second-order valence-electron chi connectivity index (χ2n) is 8.12. The van der Waals surface area contributed by atoms with Crippen molar-refractivity contribution in [2.24, 2.45) is 0 Å². The zero-order valence-electron chi connectivity index (χ0n) is 18.0. The summed E-state index contributed by atoms with van der Waals surface area (Å²) in [6.07, 6.45) is 6.56. The smallest absolute Gasteiger partial charge is 0.246 e. The number of carbonyl (C=O) groups is 1. The van der Waals surface area contributed by atoms with Crippen LogP contribution in [0.3, 0.4) is 0 Å². The van der Waals surface area contributed by atoms with E-state index in [4.69, 9.17) is 22.4 Å². The van der Waals surface area contributed by atoms with Gasteiger partial charge in [-0.1, -0.05) is 17.7 Å². The summed E-state index contributed by atoms with van der Waals surface area (Å²) in [4.78, 5) is 25.0. The lowest BCUT2D eigenvalue weighted by Crippen LogP contribution is -2.40. The number of rotatable bonds is 5. The number of piperidine rings is 1. The number of hydrogen-bond donors (Lipinski definition) is 1. The van der Waals surface area contributed by atoms with E-state index < -0.39 is 5.82 Å². The third kappa shape index (κ3) is 4.44. The number of hydrogen-bond acceptors (Lipinski definition) is 6. The van der Waals surface area contributed by atoms with Crippen LogP contribution in [-0.4, -0.2) is 69.2 Å². The topological polar surface area (TPSA) is 93.2 Å². The van der Waals surface area contributed by atoms with Crippen molar-refractivity contribution in [3.63, 3.8) is 0 Å². The third-order valence-corrected chi connectivity index (χ3v) is 5.79. The number of nitrogens with zero attached hydrogens (tertiary/aromatic N) is 6. The minimum Gasteiger partial charge on any atom is -0.383 e. The van der Waals surface area contributed by atoms with Gasteiger partial charge in [0.1, 0.15) is 23.7 Å². The molecular weight excluding hydrogens is 433 g/mol. The van der Waals surface area contributed by atoms with E-state index in [2.05, 4.69) is 9.97 Å². The normalized spacial score (nSPS) is 17.0. The van der Waals surface area contributed by atoms with Gasteiger partial charge in [0, 0.05) is 31.3 Å². The van der Waals surface area contributed by atoms with E-state index in [1.807, 2.05) is 34.7 Å². The molecule has 1 aliphatic heterocycles. The Labute approximate surface area is 190 Å². The van der Waals surface area contributed by atoms with Gasteiger partial charge < -0.3 is 15.5 Å². The Kier molecular flexibility index (Phi) is 6.38. The van der Waals surface area contributed by atoms with Crippen LogP contribution in [0.2, 0.25) is 5.02 Å². The molecule has 1 fully saturated rings. The molecule has 32 heavy (non-hydrogen) atoms. The summed E-state index contributed by atoms with van der Waals surface area (Å²) in [5, 5.41) is 5.37. The van der Waals surface area contributed by atoms with E-state index in [-0.39, 0.29) is 22.8 Å². The molecule has 1 aliphatic rings. The van der Waals surface area contributed by atoms with Gasteiger partial charge in [0.05, 0.1) is 16.5 Å². The van der Waals surface area contributed by atoms with Crippen molar-refractivity contribution in [1.29, 1.82) is 0 Å². The molecule has 1 unspecified atom stereocenters. The maximum Gasteiger partial charge on any atom is 0.246 e. The second-order valence-corrected chi connectivity index (χ2v) is 8.53. The minimum atomic E-state index is -0.507. The van der Waals surface area contributed by atoms with Gasteiger partial charge in [-0.15, -0.1) is 0 Å². The molecule has 2 N–H and O–H groups in total. The van der Waals surface area contributed by atoms with Crippen LogP contribution < -0.4 is 5.73 Å². The fourth-order valence-electron chi connectivity index (χ4n) is 3.92. The quantitative estimate of drug-likeness (QED) is 0.591. The number of nitrogen functional groups attached to an aromatic ring is 1. The lowest BCUT2D eigenvalue weighted by molar-refractivity contribution is -0.127. The number of amides is 1. The Bertz CT molecular complexity index is 1180. The maximum atomic E-state index is 13.7. The largest absolute Gasteiger partial charge is 0.383 e. The molecule has 8 nitrogen and oxygen atoms in total. The Morgan fingerprint density at radius 2 is 2.19 bits per heavy atom. The second kappa shape index (κ2) is 9.22. The van der Waals surface area contributed by atoms with E-state index in [1.54, 1.807) is 12.1 Å². The van der Waals surface area contributed by atoms with E-state index in [0.29, 0.717) is 41.9 Å². The van der Waals surface area contributed by atoms with Gasteiger partial charge in [0.15, 0.2) is 5.65 Å². The highest BCUT2D eigenvalue weighted by Crippen LogP contribution is 2.35. The molecule has 1 amide bonds. The number of nitrogens with two attached hydrogens (primary N) is 1. The molecule has 3 aromatic rings. The third-order valence-electron chi connectivity index (χ3n) is 5.50. The van der Waals surface area contributed by atoms with Crippen LogP contribution >= 0.6 is 11.6 Å². The molecule has 1 aromatic carbocycles. The lowest BCUT2D eigenvalue weighted by Gasteiger charge is -2.32. The molecule has 0 aliphatic carbocycles. The van der Waals surface area contributed by atoms with Crippen molar-refractivity contribution in [2.75, 3.05) is 39.5 Å². The summed E-state index contributed by atoms with van der Waals surface area (Å²) in [6, 6.07) is 4.34. The minimum absolute atomic E-state index is 0.000398. The molecule has 0 bridgehead atoms. The summed E-state index contributed by atoms with van der Waals surface area (Å²) in [6.45, 7) is 1.90. The molecule has 1 saturated heterocycles. The van der Waals surface area contributed by atoms with Crippen molar-refractivity contribution in [3.05, 3.63) is 47.5 Å². The number of carbonyl (C=O) groups excluding carboxylic acids is 1. The standard InChI is InChI=1S/C22H25ClFN7O/c1-29(2)9-4-6-18(32)30-10-3-5-15(12-30)31-22-19(21(25)26-13-27-22)20(28-31)14-7-8-17(24)16(23)11-14/h4,6-8,11,13,15H,3,5,9-10,12H2,1-2H3,(H2,25,26,27)/b6-4+. The summed E-state index contributed by atoms with van der Waals surface area (Å²) >= 11 is 6.00. The monoisotopic (exact) mass is 457 g/mol. The SMILES string of the molecule is CN(C)C/C=C/C(=O)N1CCCC(n2nc(-c3ccc(F)c(Cl)c3)c3c(N)ncnc32)C1. The number of likely N-dealkylation sites (N-methyl/N-ethyl adjacent to an activating group) is 1. The summed E-state index contributed by atoms with van der Waals surface area (Å²) < 4.78 is 15.5. The first-order valence-corrected chi connectivity index (χ1v) is 10.8.